The number of carboxylic acids is 4. The van der Waals surface area contributed by atoms with Crippen LogP contribution in [-0.4, -0.2) is 44.3 Å². The molecule has 3 aromatic carbocycles. The van der Waals surface area contributed by atoms with E-state index in [2.05, 4.69) is 0 Å². The van der Waals surface area contributed by atoms with Gasteiger partial charge in [-0.3, -0.25) is 0 Å². The van der Waals surface area contributed by atoms with Gasteiger partial charge in [0.15, 0.2) is 0 Å². The summed E-state index contributed by atoms with van der Waals surface area (Å²) in [5, 5.41) is 35.1. The number of rotatable bonds is 5. The van der Waals surface area contributed by atoms with Crippen LogP contribution in [-0.2, 0) is 0 Å². The standard InChI is InChI=1S/C14H10O4.C8H6O4/c15-13(16)11-8-4-7-10(12(11)14(17)18)9-5-2-1-3-6-9;9-7(10)5-1-2-6(4-3-5)8(11)12/h1-8H,(H,15,16)(H,17,18);1-4H,(H,9,10)(H,11,12). The average Bonchev–Trinajstić information content (AvgIpc) is 2.74. The fourth-order valence-electron chi connectivity index (χ4n) is 2.57. The molecule has 0 unspecified atom stereocenters. The zero-order valence-electron chi connectivity index (χ0n) is 15.4. The van der Waals surface area contributed by atoms with Crippen LogP contribution in [0.2, 0.25) is 0 Å². The van der Waals surface area contributed by atoms with Crippen molar-refractivity contribution in [3.63, 3.8) is 0 Å². The van der Waals surface area contributed by atoms with Gasteiger partial charge in [-0.1, -0.05) is 42.5 Å². The second-order valence-corrected chi connectivity index (χ2v) is 5.89. The molecule has 3 aromatic rings. The molecule has 0 fully saturated rings. The molecule has 152 valence electrons. The maximum absolute atomic E-state index is 11.3. The Morgan fingerprint density at radius 3 is 1.40 bits per heavy atom. The van der Waals surface area contributed by atoms with E-state index in [0.717, 1.165) is 0 Å². The minimum atomic E-state index is -1.25. The van der Waals surface area contributed by atoms with E-state index >= 15 is 0 Å². The van der Waals surface area contributed by atoms with Gasteiger partial charge in [0.25, 0.3) is 0 Å². The Hall–Kier alpha value is -4.46. The van der Waals surface area contributed by atoms with Gasteiger partial charge >= 0.3 is 23.9 Å². The molecule has 0 atom stereocenters. The number of carbonyl (C=O) groups is 4. The van der Waals surface area contributed by atoms with Crippen molar-refractivity contribution in [3.8, 4) is 11.1 Å². The van der Waals surface area contributed by atoms with Crippen LogP contribution in [0.5, 0.6) is 0 Å². The predicted octanol–water partition coefficient (Wildman–Crippen LogP) is 3.83. The van der Waals surface area contributed by atoms with Crippen LogP contribution in [0, 0.1) is 0 Å². The second-order valence-electron chi connectivity index (χ2n) is 5.89. The van der Waals surface area contributed by atoms with E-state index in [9.17, 15) is 24.3 Å². The molecule has 0 heterocycles. The average molecular weight is 408 g/mol. The highest BCUT2D eigenvalue weighted by atomic mass is 16.4. The SMILES string of the molecule is O=C(O)c1ccc(C(=O)O)cc1.O=C(O)c1cccc(-c2ccccc2)c1C(=O)O. The topological polar surface area (TPSA) is 149 Å². The van der Waals surface area contributed by atoms with Crippen LogP contribution in [0.15, 0.2) is 72.8 Å². The lowest BCUT2D eigenvalue weighted by Gasteiger charge is -2.08. The molecule has 0 aromatic heterocycles. The lowest BCUT2D eigenvalue weighted by Crippen LogP contribution is -2.09. The van der Waals surface area contributed by atoms with Gasteiger partial charge in [0.05, 0.1) is 22.3 Å². The van der Waals surface area contributed by atoms with Crippen LogP contribution in [0.4, 0.5) is 0 Å². The van der Waals surface area contributed by atoms with Gasteiger partial charge in [0, 0.05) is 0 Å². The van der Waals surface area contributed by atoms with E-state index in [1.54, 1.807) is 30.3 Å². The Bertz CT molecular complexity index is 1050. The Kier molecular flexibility index (Phi) is 7.02. The first kappa shape index (κ1) is 21.8. The first-order valence-corrected chi connectivity index (χ1v) is 8.44. The molecule has 0 aliphatic carbocycles. The van der Waals surface area contributed by atoms with Crippen molar-refractivity contribution < 1.29 is 39.6 Å². The molecule has 0 radical (unpaired) electrons. The van der Waals surface area contributed by atoms with Crippen molar-refractivity contribution in [2.45, 2.75) is 0 Å². The molecule has 3 rings (SSSR count). The third kappa shape index (κ3) is 5.29. The van der Waals surface area contributed by atoms with Gasteiger partial charge in [-0.05, 0) is 41.5 Å². The summed E-state index contributed by atoms with van der Waals surface area (Å²) in [6, 6.07) is 18.3. The zero-order valence-corrected chi connectivity index (χ0v) is 15.4. The van der Waals surface area contributed by atoms with E-state index in [1.165, 1.54) is 36.4 Å². The maximum Gasteiger partial charge on any atom is 0.337 e. The molecule has 30 heavy (non-hydrogen) atoms. The Balaban J connectivity index is 0.000000232. The molecule has 4 N–H and O–H groups in total. The highest BCUT2D eigenvalue weighted by molar-refractivity contribution is 6.06. The first-order valence-electron chi connectivity index (χ1n) is 8.44. The molecule has 0 spiro atoms. The molecule has 0 saturated carbocycles. The molecular weight excluding hydrogens is 392 g/mol. The molecule has 0 amide bonds. The second kappa shape index (κ2) is 9.65. The fraction of sp³-hybridized carbons (Fsp3) is 0. The van der Waals surface area contributed by atoms with Gasteiger partial charge in [0.2, 0.25) is 0 Å². The molecule has 0 bridgehead atoms. The van der Waals surface area contributed by atoms with E-state index < -0.39 is 23.9 Å². The molecular formula is C22H16O8. The largest absolute Gasteiger partial charge is 0.478 e. The van der Waals surface area contributed by atoms with E-state index in [1.807, 2.05) is 6.07 Å². The summed E-state index contributed by atoms with van der Waals surface area (Å²) in [6.45, 7) is 0. The van der Waals surface area contributed by atoms with Crippen molar-refractivity contribution in [1.82, 2.24) is 0 Å². The smallest absolute Gasteiger partial charge is 0.337 e. The number of hydrogen-bond acceptors (Lipinski definition) is 4. The molecule has 8 nitrogen and oxygen atoms in total. The highest BCUT2D eigenvalue weighted by Crippen LogP contribution is 2.26. The van der Waals surface area contributed by atoms with Crippen molar-refractivity contribution in [3.05, 3.63) is 95.1 Å². The summed E-state index contributed by atoms with van der Waals surface area (Å²) < 4.78 is 0. The van der Waals surface area contributed by atoms with Crippen molar-refractivity contribution in [2.75, 3.05) is 0 Å². The maximum atomic E-state index is 11.3. The van der Waals surface area contributed by atoms with Crippen LogP contribution in [0.3, 0.4) is 0 Å². The van der Waals surface area contributed by atoms with Crippen molar-refractivity contribution in [1.29, 1.82) is 0 Å². The third-order valence-corrected chi connectivity index (χ3v) is 3.97. The van der Waals surface area contributed by atoms with Crippen molar-refractivity contribution in [2.24, 2.45) is 0 Å². The van der Waals surface area contributed by atoms with E-state index in [0.29, 0.717) is 11.1 Å². The number of benzene rings is 3. The Morgan fingerprint density at radius 1 is 0.500 bits per heavy atom. The van der Waals surface area contributed by atoms with Gasteiger partial charge in [-0.15, -0.1) is 0 Å². The molecule has 0 saturated heterocycles. The van der Waals surface area contributed by atoms with Gasteiger partial charge in [0.1, 0.15) is 0 Å². The number of aromatic carboxylic acids is 4. The van der Waals surface area contributed by atoms with Gasteiger partial charge in [-0.2, -0.15) is 0 Å². The highest BCUT2D eigenvalue weighted by Gasteiger charge is 2.20. The van der Waals surface area contributed by atoms with E-state index in [4.69, 9.17) is 15.3 Å². The fourth-order valence-corrected chi connectivity index (χ4v) is 2.57. The Labute approximate surface area is 170 Å². The predicted molar refractivity (Wildman–Crippen MR) is 106 cm³/mol. The minimum Gasteiger partial charge on any atom is -0.478 e. The first-order chi connectivity index (χ1) is 14.2. The lowest BCUT2D eigenvalue weighted by molar-refractivity contribution is 0.0652. The minimum absolute atomic E-state index is 0.0833. The quantitative estimate of drug-likeness (QED) is 0.497. The summed E-state index contributed by atoms with van der Waals surface area (Å²) in [5.41, 5.74) is 0.862. The molecule has 0 aliphatic heterocycles. The third-order valence-electron chi connectivity index (χ3n) is 3.97. The lowest BCUT2D eigenvalue weighted by atomic mass is 9.95. The number of carboxylic acid groups (broad SMARTS) is 4. The monoisotopic (exact) mass is 408 g/mol. The van der Waals surface area contributed by atoms with E-state index in [-0.39, 0.29) is 22.3 Å². The zero-order chi connectivity index (χ0) is 22.3. The summed E-state index contributed by atoms with van der Waals surface area (Å²) >= 11 is 0. The van der Waals surface area contributed by atoms with Gasteiger partial charge < -0.3 is 20.4 Å². The Morgan fingerprint density at radius 2 is 1.00 bits per heavy atom. The van der Waals surface area contributed by atoms with Crippen LogP contribution in [0.25, 0.3) is 11.1 Å². The van der Waals surface area contributed by atoms with Crippen LogP contribution >= 0.6 is 0 Å². The molecule has 0 aliphatic rings. The summed E-state index contributed by atoms with van der Waals surface area (Å²) in [7, 11) is 0. The van der Waals surface area contributed by atoms with Crippen LogP contribution in [0.1, 0.15) is 41.4 Å². The summed E-state index contributed by atoms with van der Waals surface area (Å²) in [4.78, 5) is 43.0. The van der Waals surface area contributed by atoms with Crippen LogP contribution < -0.4 is 0 Å². The summed E-state index contributed by atoms with van der Waals surface area (Å²) in [6.07, 6.45) is 0. The molecule has 8 heteroatoms. The number of hydrogen-bond donors (Lipinski definition) is 4. The summed E-state index contributed by atoms with van der Waals surface area (Å²) in [5.74, 6) is -4.61. The van der Waals surface area contributed by atoms with Crippen molar-refractivity contribution >= 4 is 23.9 Å². The van der Waals surface area contributed by atoms with Gasteiger partial charge in [-0.25, -0.2) is 19.2 Å². The normalized spacial score (nSPS) is 9.73.